The first-order chi connectivity index (χ1) is 10.4. The van der Waals surface area contributed by atoms with Crippen LogP contribution in [0.25, 0.3) is 0 Å². The molecule has 8 heteroatoms. The van der Waals surface area contributed by atoms with E-state index in [1.165, 1.54) is 6.20 Å². The normalized spacial score (nSPS) is 18.6. The first-order valence-corrected chi connectivity index (χ1v) is 7.42. The summed E-state index contributed by atoms with van der Waals surface area (Å²) < 4.78 is 43.9. The van der Waals surface area contributed by atoms with E-state index in [1.54, 1.807) is 0 Å². The number of amides is 1. The van der Waals surface area contributed by atoms with Crippen LogP contribution in [0, 0.1) is 0 Å². The van der Waals surface area contributed by atoms with Gasteiger partial charge in [-0.2, -0.15) is 18.3 Å². The fourth-order valence-electron chi connectivity index (χ4n) is 2.51. The van der Waals surface area contributed by atoms with Crippen molar-refractivity contribution in [2.45, 2.75) is 51.4 Å². The van der Waals surface area contributed by atoms with Crippen molar-refractivity contribution in [1.82, 2.24) is 15.1 Å². The monoisotopic (exact) mass is 319 g/mol. The third kappa shape index (κ3) is 4.46. The Bertz CT molecular complexity index is 508. The molecule has 0 bridgehead atoms. The lowest BCUT2D eigenvalue weighted by atomic mass is 10.1. The summed E-state index contributed by atoms with van der Waals surface area (Å²) in [5.41, 5.74) is 0.536. The van der Waals surface area contributed by atoms with Crippen molar-refractivity contribution < 1.29 is 22.7 Å². The van der Waals surface area contributed by atoms with Crippen LogP contribution in [0.1, 0.15) is 42.2 Å². The average Bonchev–Trinajstić information content (AvgIpc) is 3.06. The zero-order valence-corrected chi connectivity index (χ0v) is 12.4. The highest BCUT2D eigenvalue weighted by Gasteiger charge is 2.31. The highest BCUT2D eigenvalue weighted by molar-refractivity contribution is 5.95. The molecule has 0 aromatic carbocycles. The van der Waals surface area contributed by atoms with Gasteiger partial charge >= 0.3 is 6.18 Å². The summed E-state index contributed by atoms with van der Waals surface area (Å²) in [4.78, 5) is 12.2. The lowest BCUT2D eigenvalue weighted by Crippen LogP contribution is -2.32. The number of halogens is 3. The van der Waals surface area contributed by atoms with E-state index in [9.17, 15) is 18.0 Å². The second-order valence-corrected chi connectivity index (χ2v) is 5.37. The molecule has 1 aliphatic heterocycles. The predicted molar refractivity (Wildman–Crippen MR) is 73.6 cm³/mol. The van der Waals surface area contributed by atoms with Crippen molar-refractivity contribution in [3.05, 3.63) is 17.5 Å². The summed E-state index contributed by atoms with van der Waals surface area (Å²) in [5, 5.41) is 6.44. The molecular formula is C14H20F3N3O2. The summed E-state index contributed by atoms with van der Waals surface area (Å²) in [6.45, 7) is 1.72. The van der Waals surface area contributed by atoms with Gasteiger partial charge in [0.1, 0.15) is 6.54 Å². The Kier molecular flexibility index (Phi) is 5.44. The molecule has 1 N–H and O–H groups in total. The molecule has 1 saturated heterocycles. The molecule has 2 heterocycles. The fourth-order valence-corrected chi connectivity index (χ4v) is 2.51. The molecule has 1 atom stereocenters. The van der Waals surface area contributed by atoms with E-state index in [2.05, 4.69) is 10.4 Å². The molecule has 0 radical (unpaired) electrons. The van der Waals surface area contributed by atoms with E-state index in [0.717, 1.165) is 17.5 Å². The Labute approximate surface area is 126 Å². The van der Waals surface area contributed by atoms with Crippen molar-refractivity contribution in [2.75, 3.05) is 13.2 Å². The first kappa shape index (κ1) is 16.8. The maximum atomic E-state index is 12.5. The minimum atomic E-state index is -4.36. The quantitative estimate of drug-likeness (QED) is 0.875. The number of nitrogens with zero attached hydrogens (tertiary/aromatic N) is 2. The number of rotatable bonds is 6. The number of carbonyl (C=O) groups is 1. The molecule has 1 amide bonds. The van der Waals surface area contributed by atoms with Gasteiger partial charge in [0.15, 0.2) is 0 Å². The summed E-state index contributed by atoms with van der Waals surface area (Å²) in [5.74, 6) is -0.396. The second kappa shape index (κ2) is 7.13. The van der Waals surface area contributed by atoms with Crippen molar-refractivity contribution >= 4 is 5.91 Å². The molecule has 22 heavy (non-hydrogen) atoms. The van der Waals surface area contributed by atoms with Gasteiger partial charge in [-0.05, 0) is 19.3 Å². The molecule has 124 valence electrons. The van der Waals surface area contributed by atoms with Crippen molar-refractivity contribution in [3.63, 3.8) is 0 Å². The second-order valence-electron chi connectivity index (χ2n) is 5.37. The minimum absolute atomic E-state index is 0.0104. The standard InChI is InChI=1S/C14H20F3N3O2/c1-2-4-12-11(8-19-20(12)9-14(15,16)17)13(21)18-7-10-5-3-6-22-10/h8,10H,2-7,9H2,1H3,(H,18,21)/t10-/m1/s1. The number of carbonyl (C=O) groups excluding carboxylic acids is 1. The van der Waals surface area contributed by atoms with Crippen LogP contribution < -0.4 is 5.32 Å². The molecule has 0 spiro atoms. The largest absolute Gasteiger partial charge is 0.408 e. The van der Waals surface area contributed by atoms with E-state index in [1.807, 2.05) is 6.92 Å². The third-order valence-corrected chi connectivity index (χ3v) is 3.52. The first-order valence-electron chi connectivity index (χ1n) is 7.42. The van der Waals surface area contributed by atoms with Crippen LogP contribution in [-0.2, 0) is 17.7 Å². The maximum absolute atomic E-state index is 12.5. The zero-order valence-electron chi connectivity index (χ0n) is 12.4. The number of alkyl halides is 3. The maximum Gasteiger partial charge on any atom is 0.408 e. The molecule has 1 aliphatic rings. The summed E-state index contributed by atoms with van der Waals surface area (Å²) in [6, 6.07) is 0. The Hall–Kier alpha value is -1.57. The number of aromatic nitrogens is 2. The van der Waals surface area contributed by atoms with E-state index in [0.29, 0.717) is 31.7 Å². The van der Waals surface area contributed by atoms with Crippen LogP contribution in [0.3, 0.4) is 0 Å². The van der Waals surface area contributed by atoms with Crippen LogP contribution >= 0.6 is 0 Å². The molecule has 0 aliphatic carbocycles. The van der Waals surface area contributed by atoms with Crippen LogP contribution in [0.5, 0.6) is 0 Å². The summed E-state index contributed by atoms with van der Waals surface area (Å²) >= 11 is 0. The SMILES string of the molecule is CCCc1c(C(=O)NC[C@H]2CCCO2)cnn1CC(F)(F)F. The summed E-state index contributed by atoms with van der Waals surface area (Å²) in [7, 11) is 0. The Morgan fingerprint density at radius 1 is 1.55 bits per heavy atom. The van der Waals surface area contributed by atoms with Gasteiger partial charge in [-0.1, -0.05) is 13.3 Å². The fraction of sp³-hybridized carbons (Fsp3) is 0.714. The minimum Gasteiger partial charge on any atom is -0.376 e. The molecule has 0 saturated carbocycles. The average molecular weight is 319 g/mol. The van der Waals surface area contributed by atoms with Crippen LogP contribution in [0.2, 0.25) is 0 Å². The van der Waals surface area contributed by atoms with Crippen LogP contribution in [0.4, 0.5) is 13.2 Å². The lowest BCUT2D eigenvalue weighted by molar-refractivity contribution is -0.143. The summed E-state index contributed by atoms with van der Waals surface area (Å²) in [6.07, 6.45) is -0.306. The van der Waals surface area contributed by atoms with Crippen molar-refractivity contribution in [2.24, 2.45) is 0 Å². The highest BCUT2D eigenvalue weighted by Crippen LogP contribution is 2.20. The Balaban J connectivity index is 2.06. The van der Waals surface area contributed by atoms with Gasteiger partial charge in [0, 0.05) is 13.2 Å². The molecule has 1 fully saturated rings. The van der Waals surface area contributed by atoms with Crippen molar-refractivity contribution in [3.8, 4) is 0 Å². The predicted octanol–water partition coefficient (Wildman–Crippen LogP) is 2.31. The molecule has 0 unspecified atom stereocenters. The molecule has 1 aromatic heterocycles. The zero-order chi connectivity index (χ0) is 16.2. The number of ether oxygens (including phenoxy) is 1. The van der Waals surface area contributed by atoms with Gasteiger partial charge in [-0.3, -0.25) is 9.48 Å². The molecule has 1 aromatic rings. The Morgan fingerprint density at radius 3 is 2.91 bits per heavy atom. The topological polar surface area (TPSA) is 56.1 Å². The van der Waals surface area contributed by atoms with Gasteiger partial charge in [-0.15, -0.1) is 0 Å². The molecule has 2 rings (SSSR count). The molecule has 5 nitrogen and oxygen atoms in total. The van der Waals surface area contributed by atoms with E-state index < -0.39 is 18.6 Å². The van der Waals surface area contributed by atoms with E-state index in [4.69, 9.17) is 4.74 Å². The number of nitrogens with one attached hydrogen (secondary N) is 1. The molecular weight excluding hydrogens is 299 g/mol. The third-order valence-electron chi connectivity index (χ3n) is 3.52. The highest BCUT2D eigenvalue weighted by atomic mass is 19.4. The van der Waals surface area contributed by atoms with Crippen LogP contribution in [0.15, 0.2) is 6.20 Å². The van der Waals surface area contributed by atoms with Crippen molar-refractivity contribution in [1.29, 1.82) is 0 Å². The van der Waals surface area contributed by atoms with Gasteiger partial charge in [0.25, 0.3) is 5.91 Å². The van der Waals surface area contributed by atoms with E-state index in [-0.39, 0.29) is 11.7 Å². The van der Waals surface area contributed by atoms with E-state index >= 15 is 0 Å². The van der Waals surface area contributed by atoms with Gasteiger partial charge in [0.05, 0.1) is 23.6 Å². The van der Waals surface area contributed by atoms with Gasteiger partial charge in [-0.25, -0.2) is 0 Å². The smallest absolute Gasteiger partial charge is 0.376 e. The lowest BCUT2D eigenvalue weighted by Gasteiger charge is -2.13. The number of hydrogen-bond acceptors (Lipinski definition) is 3. The van der Waals surface area contributed by atoms with Gasteiger partial charge < -0.3 is 10.1 Å². The Morgan fingerprint density at radius 2 is 2.32 bits per heavy atom. The van der Waals surface area contributed by atoms with Crippen LogP contribution in [-0.4, -0.2) is 41.1 Å². The van der Waals surface area contributed by atoms with Gasteiger partial charge in [0.2, 0.25) is 0 Å². The number of hydrogen-bond donors (Lipinski definition) is 1.